The van der Waals surface area contributed by atoms with Crippen molar-refractivity contribution in [3.63, 3.8) is 0 Å². The third kappa shape index (κ3) is 3.08. The van der Waals surface area contributed by atoms with Gasteiger partial charge in [-0.2, -0.15) is 0 Å². The number of halogens is 1. The Labute approximate surface area is 88.8 Å². The second kappa shape index (κ2) is 4.04. The molecule has 1 aromatic heterocycles. The second-order valence-electron chi connectivity index (χ2n) is 4.62. The fourth-order valence-electron chi connectivity index (χ4n) is 1.12. The van der Waals surface area contributed by atoms with E-state index in [1.807, 2.05) is 20.8 Å². The van der Waals surface area contributed by atoms with Crippen LogP contribution in [0.25, 0.3) is 0 Å². The summed E-state index contributed by atoms with van der Waals surface area (Å²) in [4.78, 5) is 18.9. The first kappa shape index (κ1) is 11.8. The van der Waals surface area contributed by atoms with Gasteiger partial charge < -0.3 is 0 Å². The summed E-state index contributed by atoms with van der Waals surface area (Å²) in [5.41, 5.74) is -0.0541. The van der Waals surface area contributed by atoms with Gasteiger partial charge in [0.05, 0.1) is 18.3 Å². The Bertz CT molecular complexity index is 383. The fraction of sp³-hybridized carbons (Fsp3) is 0.545. The molecule has 0 bridgehead atoms. The number of hydrogen-bond donors (Lipinski definition) is 0. The average Bonchev–Trinajstić information content (AvgIpc) is 2.06. The number of ketones is 1. The van der Waals surface area contributed by atoms with Gasteiger partial charge in [-0.15, -0.1) is 0 Å². The van der Waals surface area contributed by atoms with Gasteiger partial charge in [-0.05, 0) is 6.92 Å². The van der Waals surface area contributed by atoms with Crippen LogP contribution in [0, 0.1) is 5.82 Å². The molecule has 0 amide bonds. The highest BCUT2D eigenvalue weighted by molar-refractivity contribution is 5.77. The maximum absolute atomic E-state index is 13.2. The zero-order valence-corrected chi connectivity index (χ0v) is 9.47. The SMILES string of the molecule is CC(=O)Cc1nc(C(C)(C)C)ncc1F. The summed E-state index contributed by atoms with van der Waals surface area (Å²) in [6.07, 6.45) is 1.16. The quantitative estimate of drug-likeness (QED) is 0.750. The zero-order chi connectivity index (χ0) is 11.6. The van der Waals surface area contributed by atoms with E-state index in [-0.39, 0.29) is 23.3 Å². The normalized spacial score (nSPS) is 11.5. The van der Waals surface area contributed by atoms with Gasteiger partial charge in [0.1, 0.15) is 11.6 Å². The topological polar surface area (TPSA) is 42.9 Å². The Morgan fingerprint density at radius 3 is 2.53 bits per heavy atom. The Kier molecular flexibility index (Phi) is 3.17. The van der Waals surface area contributed by atoms with E-state index in [2.05, 4.69) is 9.97 Å². The van der Waals surface area contributed by atoms with Crippen LogP contribution in [0.1, 0.15) is 39.2 Å². The van der Waals surface area contributed by atoms with Crippen LogP contribution in [-0.2, 0) is 16.6 Å². The molecule has 0 spiro atoms. The molecule has 0 aliphatic heterocycles. The average molecular weight is 210 g/mol. The molecule has 0 saturated carbocycles. The van der Waals surface area contributed by atoms with E-state index >= 15 is 0 Å². The van der Waals surface area contributed by atoms with Crippen LogP contribution in [0.2, 0.25) is 0 Å². The largest absolute Gasteiger partial charge is 0.300 e. The van der Waals surface area contributed by atoms with Crippen LogP contribution in [0.15, 0.2) is 6.20 Å². The molecule has 0 saturated heterocycles. The molecule has 0 aromatic carbocycles. The Morgan fingerprint density at radius 2 is 2.07 bits per heavy atom. The molecule has 0 unspecified atom stereocenters. The van der Waals surface area contributed by atoms with E-state index in [1.165, 1.54) is 6.92 Å². The molecule has 0 radical (unpaired) electrons. The first-order chi connectivity index (χ1) is 6.80. The highest BCUT2D eigenvalue weighted by Gasteiger charge is 2.19. The van der Waals surface area contributed by atoms with Gasteiger partial charge in [0.25, 0.3) is 0 Å². The molecular formula is C11H15FN2O. The molecule has 0 aliphatic rings. The van der Waals surface area contributed by atoms with Crippen molar-refractivity contribution in [2.24, 2.45) is 0 Å². The van der Waals surface area contributed by atoms with E-state index in [0.29, 0.717) is 5.82 Å². The zero-order valence-electron chi connectivity index (χ0n) is 9.47. The monoisotopic (exact) mass is 210 g/mol. The molecule has 1 rings (SSSR count). The van der Waals surface area contributed by atoms with Crippen LogP contribution >= 0.6 is 0 Å². The Hall–Kier alpha value is -1.32. The summed E-state index contributed by atoms with van der Waals surface area (Å²) in [7, 11) is 0. The van der Waals surface area contributed by atoms with Crippen molar-refractivity contribution in [2.45, 2.75) is 39.5 Å². The van der Waals surface area contributed by atoms with Crippen molar-refractivity contribution in [3.05, 3.63) is 23.5 Å². The standard InChI is InChI=1S/C11H15FN2O/c1-7(15)5-9-8(12)6-13-10(14-9)11(2,3)4/h6H,5H2,1-4H3. The summed E-state index contributed by atoms with van der Waals surface area (Å²) >= 11 is 0. The Morgan fingerprint density at radius 1 is 1.47 bits per heavy atom. The molecular weight excluding hydrogens is 195 g/mol. The minimum Gasteiger partial charge on any atom is -0.300 e. The number of Topliss-reactive ketones (excluding diaryl/α,β-unsaturated/α-hetero) is 1. The van der Waals surface area contributed by atoms with Crippen LogP contribution in [0.3, 0.4) is 0 Å². The van der Waals surface area contributed by atoms with Crippen molar-refractivity contribution in [1.29, 1.82) is 0 Å². The Balaban J connectivity index is 3.11. The maximum Gasteiger partial charge on any atom is 0.163 e. The highest BCUT2D eigenvalue weighted by atomic mass is 19.1. The smallest absolute Gasteiger partial charge is 0.163 e. The molecule has 15 heavy (non-hydrogen) atoms. The molecule has 1 heterocycles. The highest BCUT2D eigenvalue weighted by Crippen LogP contribution is 2.18. The van der Waals surface area contributed by atoms with Crippen molar-refractivity contribution in [2.75, 3.05) is 0 Å². The molecule has 0 fully saturated rings. The lowest BCUT2D eigenvalue weighted by Crippen LogP contribution is -2.18. The molecule has 0 atom stereocenters. The van der Waals surface area contributed by atoms with E-state index in [9.17, 15) is 9.18 Å². The van der Waals surface area contributed by atoms with E-state index < -0.39 is 5.82 Å². The third-order valence-corrected chi connectivity index (χ3v) is 1.90. The number of carbonyl (C=O) groups is 1. The van der Waals surface area contributed by atoms with Crippen LogP contribution in [-0.4, -0.2) is 15.8 Å². The van der Waals surface area contributed by atoms with Crippen LogP contribution in [0.4, 0.5) is 4.39 Å². The molecule has 3 nitrogen and oxygen atoms in total. The molecule has 1 aromatic rings. The second-order valence-corrected chi connectivity index (χ2v) is 4.62. The lowest BCUT2D eigenvalue weighted by Gasteiger charge is -2.16. The molecule has 0 N–H and O–H groups in total. The van der Waals surface area contributed by atoms with Crippen molar-refractivity contribution < 1.29 is 9.18 Å². The van der Waals surface area contributed by atoms with Crippen molar-refractivity contribution >= 4 is 5.78 Å². The first-order valence-corrected chi connectivity index (χ1v) is 4.82. The summed E-state index contributed by atoms with van der Waals surface area (Å²) < 4.78 is 13.2. The molecule has 82 valence electrons. The van der Waals surface area contributed by atoms with Crippen LogP contribution in [0.5, 0.6) is 0 Å². The number of hydrogen-bond acceptors (Lipinski definition) is 3. The summed E-state index contributed by atoms with van der Waals surface area (Å²) in [6.45, 7) is 7.24. The first-order valence-electron chi connectivity index (χ1n) is 4.82. The van der Waals surface area contributed by atoms with Crippen molar-refractivity contribution in [3.8, 4) is 0 Å². The van der Waals surface area contributed by atoms with Gasteiger partial charge in [0.2, 0.25) is 0 Å². The summed E-state index contributed by atoms with van der Waals surface area (Å²) in [5, 5.41) is 0. The number of nitrogens with zero attached hydrogens (tertiary/aromatic N) is 2. The van der Waals surface area contributed by atoms with Gasteiger partial charge in [-0.1, -0.05) is 20.8 Å². The predicted molar refractivity (Wildman–Crippen MR) is 55.1 cm³/mol. The lowest BCUT2D eigenvalue weighted by atomic mass is 9.95. The maximum atomic E-state index is 13.2. The van der Waals surface area contributed by atoms with Crippen molar-refractivity contribution in [1.82, 2.24) is 9.97 Å². The summed E-state index contributed by atoms with van der Waals surface area (Å²) in [5.74, 6) is -0.0641. The van der Waals surface area contributed by atoms with E-state index in [4.69, 9.17) is 0 Å². The van der Waals surface area contributed by atoms with Gasteiger partial charge in [0, 0.05) is 5.41 Å². The van der Waals surface area contributed by atoms with E-state index in [1.54, 1.807) is 0 Å². The van der Waals surface area contributed by atoms with E-state index in [0.717, 1.165) is 6.20 Å². The predicted octanol–water partition coefficient (Wildman–Crippen LogP) is 2.04. The summed E-state index contributed by atoms with van der Waals surface area (Å²) in [6, 6.07) is 0. The van der Waals surface area contributed by atoms with Gasteiger partial charge >= 0.3 is 0 Å². The lowest BCUT2D eigenvalue weighted by molar-refractivity contribution is -0.116. The number of rotatable bonds is 2. The van der Waals surface area contributed by atoms with Gasteiger partial charge in [-0.25, -0.2) is 14.4 Å². The fourth-order valence-corrected chi connectivity index (χ4v) is 1.12. The molecule has 4 heteroatoms. The molecule has 0 aliphatic carbocycles. The van der Waals surface area contributed by atoms with Crippen LogP contribution < -0.4 is 0 Å². The number of aromatic nitrogens is 2. The minimum atomic E-state index is -0.516. The van der Waals surface area contributed by atoms with Gasteiger partial charge in [-0.3, -0.25) is 4.79 Å². The third-order valence-electron chi connectivity index (χ3n) is 1.90. The number of carbonyl (C=O) groups excluding carboxylic acids is 1. The minimum absolute atomic E-state index is 0.0252. The van der Waals surface area contributed by atoms with Gasteiger partial charge in [0.15, 0.2) is 5.82 Å².